The van der Waals surface area contributed by atoms with Crippen molar-refractivity contribution < 1.29 is 14.0 Å². The Kier molecular flexibility index (Phi) is 6.62. The number of furan rings is 1. The summed E-state index contributed by atoms with van der Waals surface area (Å²) in [6, 6.07) is 11.4. The van der Waals surface area contributed by atoms with Crippen molar-refractivity contribution in [2.45, 2.75) is 32.2 Å². The van der Waals surface area contributed by atoms with Gasteiger partial charge in [0.05, 0.1) is 19.0 Å². The van der Waals surface area contributed by atoms with Gasteiger partial charge in [-0.3, -0.25) is 9.59 Å². The average molecular weight is 368 g/mol. The molecule has 0 spiro atoms. The van der Waals surface area contributed by atoms with Crippen molar-refractivity contribution in [3.05, 3.63) is 54.0 Å². The van der Waals surface area contributed by atoms with Gasteiger partial charge in [-0.05, 0) is 42.7 Å². The van der Waals surface area contributed by atoms with Crippen LogP contribution in [-0.4, -0.2) is 31.1 Å². The monoisotopic (exact) mass is 368 g/mol. The Morgan fingerprint density at radius 2 is 1.78 bits per heavy atom. The molecule has 1 aromatic heterocycles. The van der Waals surface area contributed by atoms with Crippen LogP contribution >= 0.6 is 0 Å². The van der Waals surface area contributed by atoms with Gasteiger partial charge in [-0.2, -0.15) is 5.10 Å². The molecule has 142 valence electrons. The topological polar surface area (TPSA) is 86.9 Å². The van der Waals surface area contributed by atoms with E-state index in [1.54, 1.807) is 12.1 Å². The lowest BCUT2D eigenvalue weighted by Gasteiger charge is -2.22. The summed E-state index contributed by atoms with van der Waals surface area (Å²) in [7, 11) is 0. The zero-order chi connectivity index (χ0) is 18.9. The third-order valence-electron chi connectivity index (χ3n) is 4.45. The third-order valence-corrected chi connectivity index (χ3v) is 4.45. The van der Waals surface area contributed by atoms with Crippen LogP contribution in [0.3, 0.4) is 0 Å². The predicted molar refractivity (Wildman–Crippen MR) is 103 cm³/mol. The first-order valence-corrected chi connectivity index (χ1v) is 9.21. The minimum absolute atomic E-state index is 0.154. The number of nitrogens with zero attached hydrogens (tertiary/aromatic N) is 2. The van der Waals surface area contributed by atoms with E-state index in [1.165, 1.54) is 43.8 Å². The Morgan fingerprint density at radius 1 is 1.04 bits per heavy atom. The summed E-state index contributed by atoms with van der Waals surface area (Å²) in [5, 5.41) is 6.30. The molecule has 1 aromatic carbocycles. The van der Waals surface area contributed by atoms with Crippen molar-refractivity contribution in [2.24, 2.45) is 5.10 Å². The largest absolute Gasteiger partial charge is 0.467 e. The quantitative estimate of drug-likeness (QED) is 0.482. The smallest absolute Gasteiger partial charge is 0.329 e. The molecule has 0 bridgehead atoms. The lowest BCUT2D eigenvalue weighted by atomic mass is 10.2. The van der Waals surface area contributed by atoms with E-state index in [0.717, 1.165) is 18.7 Å². The van der Waals surface area contributed by atoms with Crippen molar-refractivity contribution in [1.29, 1.82) is 0 Å². The van der Waals surface area contributed by atoms with Gasteiger partial charge in [-0.1, -0.05) is 25.0 Å². The first-order valence-electron chi connectivity index (χ1n) is 9.21. The minimum atomic E-state index is -0.820. The maximum absolute atomic E-state index is 11.7. The number of anilines is 1. The van der Waals surface area contributed by atoms with E-state index in [4.69, 9.17) is 4.42 Å². The number of carbonyl (C=O) groups is 2. The normalized spacial score (nSPS) is 14.7. The second kappa shape index (κ2) is 9.56. The molecule has 1 fully saturated rings. The molecule has 0 unspecified atom stereocenters. The van der Waals surface area contributed by atoms with Crippen molar-refractivity contribution in [2.75, 3.05) is 18.0 Å². The standard InChI is InChI=1S/C20H24N4O3/c25-19(21-15-18-6-5-13-27-18)20(26)23-22-14-16-7-9-17(10-8-16)24-11-3-1-2-4-12-24/h5-10,13-14H,1-4,11-12,15H2,(H,21,25)(H,23,26)/b22-14-. The lowest BCUT2D eigenvalue weighted by molar-refractivity contribution is -0.139. The van der Waals surface area contributed by atoms with Crippen LogP contribution in [0.1, 0.15) is 37.0 Å². The Hall–Kier alpha value is -3.09. The molecule has 1 aliphatic rings. The van der Waals surface area contributed by atoms with E-state index in [9.17, 15) is 9.59 Å². The number of hydrazone groups is 1. The zero-order valence-corrected chi connectivity index (χ0v) is 15.2. The highest BCUT2D eigenvalue weighted by Crippen LogP contribution is 2.19. The Bertz CT molecular complexity index is 761. The van der Waals surface area contributed by atoms with Crippen LogP contribution in [0.2, 0.25) is 0 Å². The van der Waals surface area contributed by atoms with Crippen LogP contribution in [0.25, 0.3) is 0 Å². The molecule has 2 N–H and O–H groups in total. The summed E-state index contributed by atoms with van der Waals surface area (Å²) >= 11 is 0. The minimum Gasteiger partial charge on any atom is -0.467 e. The molecule has 2 amide bonds. The van der Waals surface area contributed by atoms with E-state index in [0.29, 0.717) is 5.76 Å². The number of nitrogens with one attached hydrogen (secondary N) is 2. The van der Waals surface area contributed by atoms with Crippen LogP contribution in [0.4, 0.5) is 5.69 Å². The lowest BCUT2D eigenvalue weighted by Crippen LogP contribution is -2.37. The van der Waals surface area contributed by atoms with Crippen LogP contribution in [0.15, 0.2) is 52.2 Å². The number of amides is 2. The fraction of sp³-hybridized carbons (Fsp3) is 0.350. The van der Waals surface area contributed by atoms with Gasteiger partial charge in [0.15, 0.2) is 0 Å². The van der Waals surface area contributed by atoms with Crippen molar-refractivity contribution in [1.82, 2.24) is 10.7 Å². The van der Waals surface area contributed by atoms with Crippen LogP contribution in [0, 0.1) is 0 Å². The van der Waals surface area contributed by atoms with Crippen LogP contribution in [0.5, 0.6) is 0 Å². The van der Waals surface area contributed by atoms with E-state index in [-0.39, 0.29) is 6.54 Å². The number of carbonyl (C=O) groups excluding carboxylic acids is 2. The van der Waals surface area contributed by atoms with E-state index >= 15 is 0 Å². The second-order valence-corrected chi connectivity index (χ2v) is 6.45. The fourth-order valence-corrected chi connectivity index (χ4v) is 2.98. The first-order chi connectivity index (χ1) is 13.2. The zero-order valence-electron chi connectivity index (χ0n) is 15.2. The average Bonchev–Trinajstić information content (AvgIpc) is 3.07. The summed E-state index contributed by atoms with van der Waals surface area (Å²) in [4.78, 5) is 25.8. The number of rotatable bonds is 5. The molecular formula is C20H24N4O3. The molecule has 1 saturated heterocycles. The molecule has 3 rings (SSSR count). The molecule has 0 radical (unpaired) electrons. The van der Waals surface area contributed by atoms with Crippen LogP contribution in [-0.2, 0) is 16.1 Å². The fourth-order valence-electron chi connectivity index (χ4n) is 2.98. The van der Waals surface area contributed by atoms with Gasteiger partial charge in [0.25, 0.3) is 0 Å². The van der Waals surface area contributed by atoms with Gasteiger partial charge in [0.1, 0.15) is 5.76 Å². The second-order valence-electron chi connectivity index (χ2n) is 6.45. The molecule has 2 heterocycles. The molecule has 0 saturated carbocycles. The third kappa shape index (κ3) is 5.70. The summed E-state index contributed by atoms with van der Waals surface area (Å²) in [5.74, 6) is -1.01. The van der Waals surface area contributed by atoms with E-state index in [1.807, 2.05) is 12.1 Å². The van der Waals surface area contributed by atoms with Gasteiger partial charge < -0.3 is 14.6 Å². The van der Waals surface area contributed by atoms with E-state index < -0.39 is 11.8 Å². The summed E-state index contributed by atoms with van der Waals surface area (Å²) in [6.07, 6.45) is 8.09. The van der Waals surface area contributed by atoms with Crippen molar-refractivity contribution in [3.63, 3.8) is 0 Å². The van der Waals surface area contributed by atoms with Gasteiger partial charge in [-0.15, -0.1) is 0 Å². The number of benzene rings is 1. The number of hydrogen-bond acceptors (Lipinski definition) is 5. The molecule has 2 aromatic rings. The summed E-state index contributed by atoms with van der Waals surface area (Å²) in [6.45, 7) is 2.34. The summed E-state index contributed by atoms with van der Waals surface area (Å²) in [5.41, 5.74) is 4.28. The highest BCUT2D eigenvalue weighted by Gasteiger charge is 2.12. The highest BCUT2D eigenvalue weighted by molar-refractivity contribution is 6.35. The molecule has 0 atom stereocenters. The van der Waals surface area contributed by atoms with Gasteiger partial charge in [0, 0.05) is 18.8 Å². The molecule has 0 aliphatic carbocycles. The first kappa shape index (κ1) is 18.7. The molecular weight excluding hydrogens is 344 g/mol. The molecule has 7 nitrogen and oxygen atoms in total. The number of hydrogen-bond donors (Lipinski definition) is 2. The maximum Gasteiger partial charge on any atom is 0.329 e. The summed E-state index contributed by atoms with van der Waals surface area (Å²) < 4.78 is 5.08. The van der Waals surface area contributed by atoms with Gasteiger partial charge in [0.2, 0.25) is 0 Å². The van der Waals surface area contributed by atoms with Crippen molar-refractivity contribution in [3.8, 4) is 0 Å². The Morgan fingerprint density at radius 3 is 2.44 bits per heavy atom. The van der Waals surface area contributed by atoms with Gasteiger partial charge >= 0.3 is 11.8 Å². The SMILES string of the molecule is O=C(NCc1ccco1)C(=O)N/N=C\c1ccc(N2CCCCCC2)cc1. The molecule has 7 heteroatoms. The predicted octanol–water partition coefficient (Wildman–Crippen LogP) is 2.43. The molecule has 27 heavy (non-hydrogen) atoms. The van der Waals surface area contributed by atoms with Gasteiger partial charge in [-0.25, -0.2) is 5.43 Å². The highest BCUT2D eigenvalue weighted by atomic mass is 16.3. The van der Waals surface area contributed by atoms with Crippen LogP contribution < -0.4 is 15.6 Å². The molecule has 1 aliphatic heterocycles. The Labute approximate surface area is 158 Å². The van der Waals surface area contributed by atoms with Crippen molar-refractivity contribution >= 4 is 23.7 Å². The Balaban J connectivity index is 1.45. The maximum atomic E-state index is 11.7. The van der Waals surface area contributed by atoms with E-state index in [2.05, 4.69) is 32.9 Å².